The normalized spacial score (nSPS) is 10.8. The van der Waals surface area contributed by atoms with E-state index in [1.807, 2.05) is 18.2 Å². The smallest absolute Gasteiger partial charge is 0.234 e. The summed E-state index contributed by atoms with van der Waals surface area (Å²) in [7, 11) is 2.11. The molecule has 0 atom stereocenters. The van der Waals surface area contributed by atoms with Crippen LogP contribution in [0.1, 0.15) is 0 Å². The van der Waals surface area contributed by atoms with E-state index in [4.69, 9.17) is 4.98 Å². The zero-order chi connectivity index (χ0) is 15.6. The minimum Gasteiger partial charge on any atom is -0.234 e. The maximum absolute atomic E-state index is 4.96. The molecule has 1 heterocycles. The first-order valence-electron chi connectivity index (χ1n) is 7.74. The van der Waals surface area contributed by atoms with Crippen molar-refractivity contribution < 1.29 is 4.57 Å². The second-order valence-corrected chi connectivity index (χ2v) is 5.59. The van der Waals surface area contributed by atoms with Crippen LogP contribution in [0.25, 0.3) is 33.5 Å². The predicted octanol–water partition coefficient (Wildman–Crippen LogP) is 4.39. The molecule has 4 rings (SSSR count). The Labute approximate surface area is 135 Å². The minimum absolute atomic E-state index is 1.01. The van der Waals surface area contributed by atoms with Crippen LogP contribution in [0.4, 0.5) is 0 Å². The maximum Gasteiger partial charge on any atom is 0.239 e. The van der Waals surface area contributed by atoms with Gasteiger partial charge in [-0.15, -0.1) is 0 Å². The van der Waals surface area contributed by atoms with E-state index in [0.29, 0.717) is 0 Å². The van der Waals surface area contributed by atoms with Crippen LogP contribution in [0.15, 0.2) is 84.9 Å². The summed E-state index contributed by atoms with van der Waals surface area (Å²) in [5.41, 5.74) is 6.59. The molecule has 0 radical (unpaired) electrons. The third-order valence-electron chi connectivity index (χ3n) is 4.13. The molecule has 0 amide bonds. The van der Waals surface area contributed by atoms with Gasteiger partial charge >= 0.3 is 0 Å². The van der Waals surface area contributed by atoms with Gasteiger partial charge in [0.15, 0.2) is 0 Å². The van der Waals surface area contributed by atoms with Crippen molar-refractivity contribution in [1.82, 2.24) is 4.98 Å². The lowest BCUT2D eigenvalue weighted by atomic mass is 10.0. The molecule has 3 aromatic carbocycles. The summed E-state index contributed by atoms with van der Waals surface area (Å²) in [4.78, 5) is 4.96. The summed E-state index contributed by atoms with van der Waals surface area (Å²) >= 11 is 0. The van der Waals surface area contributed by atoms with E-state index in [1.54, 1.807) is 0 Å². The zero-order valence-electron chi connectivity index (χ0n) is 13.0. The van der Waals surface area contributed by atoms with Crippen LogP contribution >= 0.6 is 0 Å². The van der Waals surface area contributed by atoms with Crippen LogP contribution in [-0.2, 0) is 7.05 Å². The van der Waals surface area contributed by atoms with Crippen molar-refractivity contribution >= 4 is 11.0 Å². The lowest BCUT2D eigenvalue weighted by Gasteiger charge is -2.09. The first-order chi connectivity index (χ1) is 11.3. The van der Waals surface area contributed by atoms with Gasteiger partial charge in [-0.05, 0) is 18.2 Å². The highest BCUT2D eigenvalue weighted by Crippen LogP contribution is 2.29. The molecule has 0 saturated carbocycles. The van der Waals surface area contributed by atoms with Crippen LogP contribution in [0.3, 0.4) is 0 Å². The number of aryl methyl sites for hydroxylation is 1. The third kappa shape index (κ3) is 2.38. The number of benzene rings is 3. The Balaban J connectivity index is 2.11. The molecule has 0 N–H and O–H groups in total. The highest BCUT2D eigenvalue weighted by molar-refractivity contribution is 5.82. The van der Waals surface area contributed by atoms with Gasteiger partial charge in [-0.1, -0.05) is 60.7 Å². The van der Waals surface area contributed by atoms with E-state index in [-0.39, 0.29) is 0 Å². The highest BCUT2D eigenvalue weighted by atomic mass is 15.0. The molecule has 0 unspecified atom stereocenters. The lowest BCUT2D eigenvalue weighted by molar-refractivity contribution is -0.633. The molecule has 110 valence electrons. The summed E-state index contributed by atoms with van der Waals surface area (Å²) in [5, 5.41) is 0. The number of aromatic nitrogens is 2. The molecular weight excluding hydrogens is 280 g/mol. The van der Waals surface area contributed by atoms with Crippen molar-refractivity contribution in [3.8, 4) is 22.5 Å². The van der Waals surface area contributed by atoms with Gasteiger partial charge in [0, 0.05) is 17.2 Å². The largest absolute Gasteiger partial charge is 0.239 e. The molecule has 0 fully saturated rings. The zero-order valence-corrected chi connectivity index (χ0v) is 13.0. The van der Waals surface area contributed by atoms with E-state index in [0.717, 1.165) is 28.0 Å². The van der Waals surface area contributed by atoms with Crippen molar-refractivity contribution in [1.29, 1.82) is 0 Å². The van der Waals surface area contributed by atoms with Crippen molar-refractivity contribution in [2.75, 3.05) is 0 Å². The molecule has 23 heavy (non-hydrogen) atoms. The van der Waals surface area contributed by atoms with Gasteiger partial charge in [-0.2, -0.15) is 4.57 Å². The van der Waals surface area contributed by atoms with Crippen molar-refractivity contribution in [2.45, 2.75) is 0 Å². The second kappa shape index (κ2) is 5.65. The highest BCUT2D eigenvalue weighted by Gasteiger charge is 2.22. The Morgan fingerprint density at radius 1 is 0.652 bits per heavy atom. The van der Waals surface area contributed by atoms with Gasteiger partial charge in [-0.3, -0.25) is 0 Å². The first kappa shape index (κ1) is 13.6. The van der Waals surface area contributed by atoms with Crippen LogP contribution in [0, 0.1) is 0 Å². The molecule has 0 spiro atoms. The molecule has 0 aliphatic carbocycles. The van der Waals surface area contributed by atoms with E-state index in [9.17, 15) is 0 Å². The van der Waals surface area contributed by atoms with Crippen LogP contribution in [0.5, 0.6) is 0 Å². The molecule has 0 bridgehead atoms. The maximum atomic E-state index is 4.96. The average molecular weight is 297 g/mol. The minimum atomic E-state index is 1.01. The third-order valence-corrected chi connectivity index (χ3v) is 4.13. The van der Waals surface area contributed by atoms with Gasteiger partial charge in [0.05, 0.1) is 0 Å². The Morgan fingerprint density at radius 2 is 1.22 bits per heavy atom. The monoisotopic (exact) mass is 297 g/mol. The van der Waals surface area contributed by atoms with Crippen molar-refractivity contribution in [3.63, 3.8) is 0 Å². The average Bonchev–Trinajstić information content (AvgIpc) is 2.63. The molecule has 1 aromatic heterocycles. The topological polar surface area (TPSA) is 16.8 Å². The molecule has 0 aliphatic heterocycles. The Hall–Kier alpha value is -3.00. The van der Waals surface area contributed by atoms with Gasteiger partial charge in [0.2, 0.25) is 11.2 Å². The van der Waals surface area contributed by atoms with Crippen molar-refractivity contribution in [3.05, 3.63) is 84.9 Å². The Bertz CT molecular complexity index is 961. The molecule has 0 aliphatic rings. The molecule has 2 nitrogen and oxygen atoms in total. The van der Waals surface area contributed by atoms with Gasteiger partial charge in [-0.25, -0.2) is 4.98 Å². The van der Waals surface area contributed by atoms with E-state index in [1.165, 1.54) is 5.56 Å². The summed E-state index contributed by atoms with van der Waals surface area (Å²) < 4.78 is 2.24. The quantitative estimate of drug-likeness (QED) is 0.501. The lowest BCUT2D eigenvalue weighted by Crippen LogP contribution is -2.33. The van der Waals surface area contributed by atoms with E-state index < -0.39 is 0 Å². The first-order valence-corrected chi connectivity index (χ1v) is 7.74. The number of rotatable bonds is 2. The number of hydrogen-bond donors (Lipinski definition) is 0. The SMILES string of the molecule is C[n+]1c(-c2ccccc2)c(-c2ccccc2)nc2ccccc21. The van der Waals surface area contributed by atoms with E-state index >= 15 is 0 Å². The summed E-state index contributed by atoms with van der Waals surface area (Å²) in [6, 6.07) is 29.1. The van der Waals surface area contributed by atoms with Crippen LogP contribution < -0.4 is 4.57 Å². The Morgan fingerprint density at radius 3 is 1.91 bits per heavy atom. The summed E-state index contributed by atoms with van der Waals surface area (Å²) in [6.07, 6.45) is 0. The summed E-state index contributed by atoms with van der Waals surface area (Å²) in [6.45, 7) is 0. The van der Waals surface area contributed by atoms with Crippen LogP contribution in [-0.4, -0.2) is 4.98 Å². The number of hydrogen-bond acceptors (Lipinski definition) is 1. The fraction of sp³-hybridized carbons (Fsp3) is 0.0476. The number of para-hydroxylation sites is 2. The molecule has 4 aromatic rings. The fourth-order valence-electron chi connectivity index (χ4n) is 3.02. The standard InChI is InChI=1S/C21H17N2/c1-23-19-15-9-8-14-18(19)22-20(16-10-4-2-5-11-16)21(23)17-12-6-3-7-13-17/h2-15H,1H3/q+1. The van der Waals surface area contributed by atoms with Crippen molar-refractivity contribution in [2.24, 2.45) is 7.05 Å². The van der Waals surface area contributed by atoms with Crippen LogP contribution in [0.2, 0.25) is 0 Å². The predicted molar refractivity (Wildman–Crippen MR) is 93.8 cm³/mol. The van der Waals surface area contributed by atoms with Gasteiger partial charge in [0.25, 0.3) is 0 Å². The van der Waals surface area contributed by atoms with E-state index in [2.05, 4.69) is 78.3 Å². The fourth-order valence-corrected chi connectivity index (χ4v) is 3.02. The second-order valence-electron chi connectivity index (χ2n) is 5.59. The van der Waals surface area contributed by atoms with Gasteiger partial charge in [0.1, 0.15) is 18.3 Å². The number of fused-ring (bicyclic) bond motifs is 1. The molecule has 0 saturated heterocycles. The molecule has 2 heteroatoms. The Kier molecular flexibility index (Phi) is 3.35. The summed E-state index contributed by atoms with van der Waals surface area (Å²) in [5.74, 6) is 0. The van der Waals surface area contributed by atoms with Gasteiger partial charge < -0.3 is 0 Å². The number of nitrogens with zero attached hydrogens (tertiary/aromatic N) is 2. The molecular formula is C21H17N2+.